The quantitative estimate of drug-likeness (QED) is 0.394. The van der Waals surface area contributed by atoms with Gasteiger partial charge in [-0.25, -0.2) is 0 Å². The molecule has 0 amide bonds. The molecule has 1 aromatic carbocycles. The maximum atomic E-state index is 12.3. The van der Waals surface area contributed by atoms with Gasteiger partial charge in [-0.15, -0.1) is 12.6 Å². The maximum absolute atomic E-state index is 12.3. The van der Waals surface area contributed by atoms with Crippen LogP contribution in [-0.2, 0) is 4.74 Å². The van der Waals surface area contributed by atoms with Gasteiger partial charge in [0.2, 0.25) is 0 Å². The first kappa shape index (κ1) is 23.8. The lowest BCUT2D eigenvalue weighted by atomic mass is 10.0. The van der Waals surface area contributed by atoms with E-state index in [2.05, 4.69) is 22.9 Å². The minimum absolute atomic E-state index is 0. The van der Waals surface area contributed by atoms with Gasteiger partial charge in [0.05, 0.1) is 23.6 Å². The first-order chi connectivity index (χ1) is 11.1. The lowest BCUT2D eigenvalue weighted by Crippen LogP contribution is -2.32. The molecular weight excluding hydrogens is 356 g/mol. The summed E-state index contributed by atoms with van der Waals surface area (Å²) in [4.78, 5) is 15.8. The first-order valence-corrected chi connectivity index (χ1v) is 8.04. The van der Waals surface area contributed by atoms with E-state index in [1.165, 1.54) is 0 Å². The van der Waals surface area contributed by atoms with Crippen molar-refractivity contribution < 1.29 is 15.7 Å². The number of hydrogen-bond acceptors (Lipinski definition) is 6. The monoisotopic (exact) mass is 382 g/mol. The van der Waals surface area contributed by atoms with Crippen molar-refractivity contribution in [1.82, 2.24) is 11.1 Å². The van der Waals surface area contributed by atoms with Gasteiger partial charge in [-0.1, -0.05) is 12.1 Å². The number of rotatable bonds is 4. The highest BCUT2D eigenvalue weighted by atomic mass is 32.1. The van der Waals surface area contributed by atoms with Gasteiger partial charge in [0.1, 0.15) is 0 Å². The van der Waals surface area contributed by atoms with Crippen molar-refractivity contribution in [2.45, 2.75) is 23.8 Å². The summed E-state index contributed by atoms with van der Waals surface area (Å²) in [5.41, 5.74) is 1.63. The zero-order chi connectivity index (χ0) is 16.2. The van der Waals surface area contributed by atoms with Crippen LogP contribution in [0.1, 0.15) is 24.0 Å². The van der Waals surface area contributed by atoms with Crippen LogP contribution in [0.2, 0.25) is 0 Å². The van der Waals surface area contributed by atoms with Gasteiger partial charge in [0.15, 0.2) is 0 Å². The van der Waals surface area contributed by atoms with E-state index in [9.17, 15) is 4.79 Å². The molecule has 2 aromatic rings. The van der Waals surface area contributed by atoms with Crippen molar-refractivity contribution in [3.63, 3.8) is 0 Å². The Morgan fingerprint density at radius 2 is 1.92 bits per heavy atom. The lowest BCUT2D eigenvalue weighted by Gasteiger charge is -2.25. The summed E-state index contributed by atoms with van der Waals surface area (Å²) in [6.07, 6.45) is 3.59. The van der Waals surface area contributed by atoms with Crippen molar-refractivity contribution in [2.24, 2.45) is 0 Å². The van der Waals surface area contributed by atoms with Crippen molar-refractivity contribution in [3.8, 4) is 0 Å². The summed E-state index contributed by atoms with van der Waals surface area (Å²) in [5, 5.41) is 11.8. The van der Waals surface area contributed by atoms with E-state index >= 15 is 0 Å². The van der Waals surface area contributed by atoms with Crippen LogP contribution in [0.4, 0.5) is 5.69 Å². The minimum Gasteiger partial charge on any atom is -0.412 e. The molecular formula is C17H26N4O4S. The molecule has 1 aromatic heterocycles. The van der Waals surface area contributed by atoms with Crippen LogP contribution >= 0.6 is 12.6 Å². The molecule has 1 atom stereocenters. The molecule has 1 saturated heterocycles. The third-order valence-electron chi connectivity index (χ3n) is 3.89. The SMILES string of the molecule is N.N=C(c1ccc(S)cc1)c1c(NC2CCCOC2)cc[nH]c1=O.O.O. The molecule has 3 rings (SSSR count). The Hall–Kier alpha value is -2.17. The number of aromatic nitrogens is 1. The first-order valence-electron chi connectivity index (χ1n) is 7.59. The number of ether oxygens (including phenoxy) is 1. The second kappa shape index (κ2) is 10.7. The summed E-state index contributed by atoms with van der Waals surface area (Å²) in [5.74, 6) is 0. The number of nitrogens with one attached hydrogen (secondary N) is 3. The van der Waals surface area contributed by atoms with Gasteiger partial charge in [-0.3, -0.25) is 10.2 Å². The zero-order valence-electron chi connectivity index (χ0n) is 14.3. The largest absolute Gasteiger partial charge is 0.412 e. The van der Waals surface area contributed by atoms with Gasteiger partial charge in [-0.2, -0.15) is 0 Å². The molecule has 9 heteroatoms. The molecule has 1 aliphatic heterocycles. The van der Waals surface area contributed by atoms with Crippen LogP contribution in [-0.4, -0.2) is 40.9 Å². The third-order valence-corrected chi connectivity index (χ3v) is 4.18. The van der Waals surface area contributed by atoms with E-state index in [0.717, 1.165) is 24.3 Å². The number of pyridine rings is 1. The molecule has 0 spiro atoms. The van der Waals surface area contributed by atoms with Crippen LogP contribution in [0.3, 0.4) is 0 Å². The van der Waals surface area contributed by atoms with E-state index in [-0.39, 0.29) is 34.4 Å². The Morgan fingerprint density at radius 1 is 1.23 bits per heavy atom. The molecule has 26 heavy (non-hydrogen) atoms. The van der Waals surface area contributed by atoms with Crippen LogP contribution in [0.15, 0.2) is 46.2 Å². The average molecular weight is 382 g/mol. The highest BCUT2D eigenvalue weighted by Crippen LogP contribution is 2.19. The molecule has 1 fully saturated rings. The highest BCUT2D eigenvalue weighted by Gasteiger charge is 2.19. The Kier molecular flexibility index (Phi) is 9.84. The molecule has 1 unspecified atom stereocenters. The summed E-state index contributed by atoms with van der Waals surface area (Å²) in [6.45, 7) is 1.40. The lowest BCUT2D eigenvalue weighted by molar-refractivity contribution is 0.0876. The van der Waals surface area contributed by atoms with Crippen molar-refractivity contribution in [2.75, 3.05) is 18.5 Å². The van der Waals surface area contributed by atoms with Crippen molar-refractivity contribution in [3.05, 3.63) is 58.0 Å². The fraction of sp³-hybridized carbons (Fsp3) is 0.294. The van der Waals surface area contributed by atoms with E-state index in [4.69, 9.17) is 10.1 Å². The summed E-state index contributed by atoms with van der Waals surface area (Å²) >= 11 is 4.25. The van der Waals surface area contributed by atoms with Crippen LogP contribution < -0.4 is 17.0 Å². The molecule has 0 bridgehead atoms. The second-order valence-electron chi connectivity index (χ2n) is 5.58. The van der Waals surface area contributed by atoms with Crippen molar-refractivity contribution in [1.29, 1.82) is 5.41 Å². The average Bonchev–Trinajstić information content (AvgIpc) is 2.56. The van der Waals surface area contributed by atoms with E-state index in [0.29, 0.717) is 23.4 Å². The van der Waals surface area contributed by atoms with E-state index < -0.39 is 0 Å². The number of thiol groups is 1. The fourth-order valence-corrected chi connectivity index (χ4v) is 2.84. The normalized spacial score (nSPS) is 15.7. The molecule has 0 radical (unpaired) electrons. The predicted octanol–water partition coefficient (Wildman–Crippen LogP) is 1.18. The van der Waals surface area contributed by atoms with Gasteiger partial charge in [0, 0.05) is 29.3 Å². The fourth-order valence-electron chi connectivity index (χ4n) is 2.69. The van der Waals surface area contributed by atoms with E-state index in [1.54, 1.807) is 24.4 Å². The Balaban J connectivity index is 0.00000208. The van der Waals surface area contributed by atoms with Crippen LogP contribution in [0.5, 0.6) is 0 Å². The van der Waals surface area contributed by atoms with Gasteiger partial charge >= 0.3 is 0 Å². The Bertz CT molecular complexity index is 758. The number of anilines is 1. The molecule has 0 aliphatic carbocycles. The molecule has 2 heterocycles. The summed E-state index contributed by atoms with van der Waals surface area (Å²) in [7, 11) is 0. The molecule has 1 aliphatic rings. The maximum Gasteiger partial charge on any atom is 0.259 e. The number of hydrogen-bond donors (Lipinski definition) is 5. The molecule has 8 nitrogen and oxygen atoms in total. The molecule has 0 saturated carbocycles. The second-order valence-corrected chi connectivity index (χ2v) is 6.09. The van der Waals surface area contributed by atoms with Crippen LogP contribution in [0, 0.1) is 5.41 Å². The highest BCUT2D eigenvalue weighted by molar-refractivity contribution is 7.80. The molecule has 144 valence electrons. The molecule has 10 N–H and O–H groups in total. The van der Waals surface area contributed by atoms with E-state index in [1.807, 2.05) is 12.1 Å². The van der Waals surface area contributed by atoms with Gasteiger partial charge < -0.3 is 32.1 Å². The third kappa shape index (κ3) is 5.41. The Labute approximate surface area is 157 Å². The van der Waals surface area contributed by atoms with Crippen LogP contribution in [0.25, 0.3) is 0 Å². The minimum atomic E-state index is -0.272. The Morgan fingerprint density at radius 3 is 2.54 bits per heavy atom. The number of H-pyrrole nitrogens is 1. The predicted molar refractivity (Wildman–Crippen MR) is 106 cm³/mol. The zero-order valence-corrected chi connectivity index (χ0v) is 15.2. The summed E-state index contributed by atoms with van der Waals surface area (Å²) < 4.78 is 5.47. The van der Waals surface area contributed by atoms with Gasteiger partial charge in [-0.05, 0) is 31.0 Å². The smallest absolute Gasteiger partial charge is 0.259 e. The van der Waals surface area contributed by atoms with Gasteiger partial charge in [0.25, 0.3) is 5.56 Å². The standard InChI is InChI=1S/C17H19N3O2S.H3N.2H2O/c18-16(11-3-5-13(23)6-4-11)15-14(7-8-19-17(15)21)20-12-2-1-9-22-10-12;;;/h3-8,12,18,23H,1-2,9-10H2,(H2,19,20,21);1H3;2*1H2. The van der Waals surface area contributed by atoms with Crippen molar-refractivity contribution >= 4 is 24.0 Å². The topological polar surface area (TPSA) is 176 Å². The summed E-state index contributed by atoms with van der Waals surface area (Å²) in [6, 6.07) is 9.18. The number of aromatic amines is 1. The number of benzene rings is 1.